The molecule has 2 heterocycles. The van der Waals surface area contributed by atoms with Crippen molar-refractivity contribution in [3.63, 3.8) is 0 Å². The zero-order chi connectivity index (χ0) is 26.3. The van der Waals surface area contributed by atoms with Crippen molar-refractivity contribution < 1.29 is 28.0 Å². The van der Waals surface area contributed by atoms with Crippen molar-refractivity contribution in [3.8, 4) is 11.1 Å². The minimum absolute atomic E-state index is 0.0710. The average Bonchev–Trinajstić information content (AvgIpc) is 3.59. The summed E-state index contributed by atoms with van der Waals surface area (Å²) in [6.45, 7) is 0.0561. The summed E-state index contributed by atoms with van der Waals surface area (Å²) in [4.78, 5) is 36.5. The first-order valence-electron chi connectivity index (χ1n) is 11.5. The van der Waals surface area contributed by atoms with Crippen LogP contribution in [0.3, 0.4) is 0 Å². The van der Waals surface area contributed by atoms with Gasteiger partial charge in [-0.05, 0) is 11.6 Å². The number of aliphatic carboxylic acids is 1. The van der Waals surface area contributed by atoms with Gasteiger partial charge in [0.1, 0.15) is 17.9 Å². The van der Waals surface area contributed by atoms with Crippen LogP contribution in [0.4, 0.5) is 5.95 Å². The second kappa shape index (κ2) is 11.7. The number of hydrogen-bond acceptors (Lipinski definition) is 8. The molecule has 12 nitrogen and oxygen atoms in total. The number of oxime groups is 1. The number of anilines is 1. The average molecular weight is 527 g/mol. The van der Waals surface area contributed by atoms with E-state index in [1.807, 2.05) is 6.07 Å². The second-order valence-corrected chi connectivity index (χ2v) is 9.89. The number of imidazole rings is 1. The Morgan fingerprint density at radius 1 is 1.14 bits per heavy atom. The fourth-order valence-corrected chi connectivity index (χ4v) is 5.13. The van der Waals surface area contributed by atoms with Crippen LogP contribution in [0.2, 0.25) is 0 Å². The maximum Gasteiger partial charge on any atom is 0.323 e. The Morgan fingerprint density at radius 3 is 2.62 bits per heavy atom. The van der Waals surface area contributed by atoms with Gasteiger partial charge in [0.25, 0.3) is 5.91 Å². The quantitative estimate of drug-likeness (QED) is 0.236. The highest BCUT2D eigenvalue weighted by Crippen LogP contribution is 2.27. The third-order valence-electron chi connectivity index (χ3n) is 5.58. The highest BCUT2D eigenvalue weighted by molar-refractivity contribution is 7.89. The Hall–Kier alpha value is -4.23. The summed E-state index contributed by atoms with van der Waals surface area (Å²) in [5, 5.41) is 18.9. The predicted octanol–water partition coefficient (Wildman–Crippen LogP) is 1.57. The summed E-state index contributed by atoms with van der Waals surface area (Å²) in [5.41, 5.74) is 1.19. The number of nitrogens with one attached hydrogen (secondary N) is 4. The molecule has 2 atom stereocenters. The third-order valence-corrected chi connectivity index (χ3v) is 7.11. The number of carbonyl (C=O) groups excluding carboxylic acids is 1. The van der Waals surface area contributed by atoms with Gasteiger partial charge in [-0.25, -0.2) is 13.4 Å². The first-order valence-corrected chi connectivity index (χ1v) is 13.0. The van der Waals surface area contributed by atoms with Gasteiger partial charge in [0.2, 0.25) is 10.0 Å². The number of nitrogens with zero attached hydrogens (tertiary/aromatic N) is 2. The number of amides is 1. The Labute approximate surface area is 213 Å². The van der Waals surface area contributed by atoms with Crippen molar-refractivity contribution in [2.24, 2.45) is 5.16 Å². The number of aromatic nitrogens is 2. The summed E-state index contributed by atoms with van der Waals surface area (Å²) in [6, 6.07) is 13.6. The van der Waals surface area contributed by atoms with Gasteiger partial charge in [0.05, 0.1) is 4.90 Å². The fourth-order valence-electron chi connectivity index (χ4n) is 3.71. The molecule has 2 aromatic carbocycles. The highest BCUT2D eigenvalue weighted by atomic mass is 32.2. The van der Waals surface area contributed by atoms with E-state index >= 15 is 0 Å². The topological polar surface area (TPSA) is 175 Å². The molecule has 1 aromatic heterocycles. The Bertz CT molecular complexity index is 1360. The number of H-pyrrole nitrogens is 1. The van der Waals surface area contributed by atoms with Crippen LogP contribution in [0.25, 0.3) is 11.1 Å². The summed E-state index contributed by atoms with van der Waals surface area (Å²) >= 11 is 0. The highest BCUT2D eigenvalue weighted by Gasteiger charge is 2.30. The molecule has 1 amide bonds. The predicted molar refractivity (Wildman–Crippen MR) is 135 cm³/mol. The van der Waals surface area contributed by atoms with Crippen LogP contribution in [0, 0.1) is 0 Å². The summed E-state index contributed by atoms with van der Waals surface area (Å²) in [6.07, 6.45) is 3.77. The molecule has 0 spiro atoms. The molecule has 4 rings (SSSR count). The molecule has 0 fully saturated rings. The zero-order valence-corrected chi connectivity index (χ0v) is 20.4. The van der Waals surface area contributed by atoms with E-state index in [0.29, 0.717) is 30.0 Å². The largest absolute Gasteiger partial charge is 0.480 e. The number of sulfonamides is 1. The smallest absolute Gasteiger partial charge is 0.323 e. The molecule has 2 unspecified atom stereocenters. The van der Waals surface area contributed by atoms with E-state index in [2.05, 4.69) is 30.5 Å². The van der Waals surface area contributed by atoms with Crippen LogP contribution < -0.4 is 15.4 Å². The second-order valence-electron chi connectivity index (χ2n) is 8.21. The van der Waals surface area contributed by atoms with Crippen LogP contribution >= 0.6 is 0 Å². The lowest BCUT2D eigenvalue weighted by Gasteiger charge is -2.17. The van der Waals surface area contributed by atoms with E-state index in [9.17, 15) is 23.1 Å². The Morgan fingerprint density at radius 2 is 1.89 bits per heavy atom. The lowest BCUT2D eigenvalue weighted by molar-refractivity contribution is -0.138. The minimum Gasteiger partial charge on any atom is -0.480 e. The van der Waals surface area contributed by atoms with Crippen molar-refractivity contribution in [3.05, 3.63) is 67.0 Å². The van der Waals surface area contributed by atoms with Crippen LogP contribution in [0.15, 0.2) is 77.0 Å². The molecule has 0 aliphatic carbocycles. The van der Waals surface area contributed by atoms with Gasteiger partial charge >= 0.3 is 5.97 Å². The van der Waals surface area contributed by atoms with Gasteiger partial charge in [-0.1, -0.05) is 53.7 Å². The van der Waals surface area contributed by atoms with Gasteiger partial charge in [0.15, 0.2) is 5.95 Å². The van der Waals surface area contributed by atoms with Crippen LogP contribution in [0.1, 0.15) is 12.8 Å². The minimum atomic E-state index is -4.24. The molecule has 1 aliphatic rings. The summed E-state index contributed by atoms with van der Waals surface area (Å²) in [5.74, 6) is -1.45. The summed E-state index contributed by atoms with van der Waals surface area (Å²) < 4.78 is 28.4. The molecule has 5 N–H and O–H groups in total. The van der Waals surface area contributed by atoms with Crippen molar-refractivity contribution in [2.75, 3.05) is 18.4 Å². The molecule has 37 heavy (non-hydrogen) atoms. The first kappa shape index (κ1) is 25.9. The number of aromatic amines is 1. The fraction of sp³-hybridized carbons (Fsp3) is 0.250. The number of benzene rings is 2. The Balaban J connectivity index is 1.33. The SMILES string of the molecule is O=C(NCC(NS(=O)(=O)c1ccccc1-c1ccccc1)C(=O)O)C1=NOC(CCNc2ncc[nH]2)C1. The maximum absolute atomic E-state index is 13.1. The maximum atomic E-state index is 13.1. The summed E-state index contributed by atoms with van der Waals surface area (Å²) in [7, 11) is -4.24. The number of carbonyl (C=O) groups is 2. The van der Waals surface area contributed by atoms with E-state index in [1.165, 1.54) is 6.07 Å². The van der Waals surface area contributed by atoms with Crippen molar-refractivity contribution in [1.29, 1.82) is 0 Å². The van der Waals surface area contributed by atoms with Crippen LogP contribution in [0.5, 0.6) is 0 Å². The van der Waals surface area contributed by atoms with Crippen molar-refractivity contribution >= 4 is 33.6 Å². The number of carboxylic acid groups (broad SMARTS) is 1. The van der Waals surface area contributed by atoms with Gasteiger partial charge in [-0.2, -0.15) is 4.72 Å². The molecule has 1 aliphatic heterocycles. The van der Waals surface area contributed by atoms with E-state index in [0.717, 1.165) is 0 Å². The molecular weight excluding hydrogens is 500 g/mol. The van der Waals surface area contributed by atoms with E-state index < -0.39 is 34.5 Å². The lowest BCUT2D eigenvalue weighted by atomic mass is 10.1. The normalized spacial score (nSPS) is 15.9. The van der Waals surface area contributed by atoms with Gasteiger partial charge in [0, 0.05) is 43.9 Å². The molecule has 3 aromatic rings. The van der Waals surface area contributed by atoms with Crippen LogP contribution in [-0.2, 0) is 24.4 Å². The molecule has 0 saturated heterocycles. The standard InChI is InChI=1S/C24H26N6O6S/c31-22(19-14-17(36-29-19)10-11-25-24-26-12-13-27-24)28-15-20(23(32)33)30-37(34,35)21-9-5-4-8-18(21)16-6-2-1-3-7-16/h1-9,12-13,17,20,30H,10-11,14-15H2,(H,28,31)(H,32,33)(H2,25,26,27). The molecule has 0 saturated carbocycles. The van der Waals surface area contributed by atoms with Crippen molar-refractivity contribution in [1.82, 2.24) is 20.0 Å². The number of hydrogen-bond donors (Lipinski definition) is 5. The van der Waals surface area contributed by atoms with E-state index in [-0.39, 0.29) is 23.1 Å². The third kappa shape index (κ3) is 6.71. The molecule has 0 radical (unpaired) electrons. The van der Waals surface area contributed by atoms with Gasteiger partial charge in [-0.15, -0.1) is 0 Å². The monoisotopic (exact) mass is 526 g/mol. The molecule has 13 heteroatoms. The first-order chi connectivity index (χ1) is 17.8. The van der Waals surface area contributed by atoms with Gasteiger partial charge < -0.3 is 25.6 Å². The van der Waals surface area contributed by atoms with Gasteiger partial charge in [-0.3, -0.25) is 9.59 Å². The zero-order valence-electron chi connectivity index (χ0n) is 19.6. The molecule has 0 bridgehead atoms. The Kier molecular flexibility index (Phi) is 8.15. The van der Waals surface area contributed by atoms with E-state index in [4.69, 9.17) is 4.84 Å². The van der Waals surface area contributed by atoms with Crippen LogP contribution in [-0.4, -0.2) is 66.3 Å². The number of rotatable bonds is 12. The molecule has 194 valence electrons. The molecular formula is C24H26N6O6S. The van der Waals surface area contributed by atoms with E-state index in [1.54, 1.807) is 54.9 Å². The van der Waals surface area contributed by atoms with Crippen molar-refractivity contribution in [2.45, 2.75) is 29.9 Å². The number of carboxylic acids is 1. The lowest BCUT2D eigenvalue weighted by Crippen LogP contribution is -2.49.